The standard InChI is InChI=1S/C16H20N2OS/c1-4-10-19-13-8-6-12(7-9-13)15-11(3)16(20)18-14(5-2)17-15/h6-9H,4-5,10H2,1-3H3,(H,17,18,20). The van der Waals surface area contributed by atoms with Gasteiger partial charge in [-0.15, -0.1) is 0 Å². The average Bonchev–Trinajstić information content (AvgIpc) is 2.48. The van der Waals surface area contributed by atoms with Crippen LogP contribution >= 0.6 is 12.2 Å². The molecule has 2 rings (SSSR count). The first-order valence-corrected chi connectivity index (χ1v) is 7.39. The van der Waals surface area contributed by atoms with Crippen LogP contribution in [0.25, 0.3) is 11.3 Å². The number of H-pyrrole nitrogens is 1. The summed E-state index contributed by atoms with van der Waals surface area (Å²) in [4.78, 5) is 7.73. The molecule has 0 bridgehead atoms. The van der Waals surface area contributed by atoms with E-state index in [1.54, 1.807) is 0 Å². The Kier molecular flexibility index (Phi) is 4.90. The molecule has 0 unspecified atom stereocenters. The lowest BCUT2D eigenvalue weighted by Crippen LogP contribution is -1.99. The zero-order valence-electron chi connectivity index (χ0n) is 12.2. The van der Waals surface area contributed by atoms with E-state index in [-0.39, 0.29) is 0 Å². The molecule has 0 saturated heterocycles. The number of nitrogens with zero attached hydrogens (tertiary/aromatic N) is 1. The maximum absolute atomic E-state index is 5.60. The number of hydrogen-bond donors (Lipinski definition) is 1. The van der Waals surface area contributed by atoms with Crippen LogP contribution in [-0.2, 0) is 6.42 Å². The van der Waals surface area contributed by atoms with Crippen molar-refractivity contribution in [3.05, 3.63) is 40.3 Å². The summed E-state index contributed by atoms with van der Waals surface area (Å²) in [6.45, 7) is 6.91. The molecule has 20 heavy (non-hydrogen) atoms. The number of aryl methyl sites for hydroxylation is 1. The first-order valence-electron chi connectivity index (χ1n) is 6.98. The lowest BCUT2D eigenvalue weighted by Gasteiger charge is -2.10. The van der Waals surface area contributed by atoms with Crippen LogP contribution in [0, 0.1) is 11.6 Å². The zero-order chi connectivity index (χ0) is 14.5. The molecule has 0 atom stereocenters. The van der Waals surface area contributed by atoms with Crippen LogP contribution in [0.2, 0.25) is 0 Å². The van der Waals surface area contributed by atoms with Gasteiger partial charge in [-0.2, -0.15) is 0 Å². The predicted molar refractivity (Wildman–Crippen MR) is 84.8 cm³/mol. The van der Waals surface area contributed by atoms with Crippen molar-refractivity contribution in [2.45, 2.75) is 33.6 Å². The van der Waals surface area contributed by atoms with Gasteiger partial charge in [0.2, 0.25) is 0 Å². The molecule has 3 nitrogen and oxygen atoms in total. The minimum Gasteiger partial charge on any atom is -0.494 e. The Morgan fingerprint density at radius 3 is 2.50 bits per heavy atom. The second-order valence-electron chi connectivity index (χ2n) is 4.72. The fourth-order valence-corrected chi connectivity index (χ4v) is 2.19. The van der Waals surface area contributed by atoms with E-state index in [4.69, 9.17) is 17.0 Å². The SMILES string of the molecule is CCCOc1ccc(-c2[nH]c(CC)nc(=S)c2C)cc1. The zero-order valence-corrected chi connectivity index (χ0v) is 13.0. The van der Waals surface area contributed by atoms with Crippen LogP contribution in [0.3, 0.4) is 0 Å². The number of aromatic amines is 1. The van der Waals surface area contributed by atoms with Crippen LogP contribution in [0.4, 0.5) is 0 Å². The third-order valence-electron chi connectivity index (χ3n) is 3.15. The minimum atomic E-state index is 0.668. The molecule has 0 aliphatic carbocycles. The third-order valence-corrected chi connectivity index (χ3v) is 3.55. The largest absolute Gasteiger partial charge is 0.494 e. The van der Waals surface area contributed by atoms with E-state index in [1.807, 2.05) is 19.1 Å². The van der Waals surface area contributed by atoms with Crippen LogP contribution in [0.5, 0.6) is 5.75 Å². The van der Waals surface area contributed by atoms with Gasteiger partial charge in [0.1, 0.15) is 16.2 Å². The van der Waals surface area contributed by atoms with E-state index in [0.717, 1.165) is 47.8 Å². The van der Waals surface area contributed by atoms with Crippen molar-refractivity contribution in [2.75, 3.05) is 6.61 Å². The summed E-state index contributed by atoms with van der Waals surface area (Å²) >= 11 is 5.32. The van der Waals surface area contributed by atoms with Gasteiger partial charge in [0, 0.05) is 12.0 Å². The highest BCUT2D eigenvalue weighted by Gasteiger charge is 2.07. The molecule has 1 N–H and O–H groups in total. The number of aromatic nitrogens is 2. The highest BCUT2D eigenvalue weighted by atomic mass is 32.1. The maximum atomic E-state index is 5.60. The highest BCUT2D eigenvalue weighted by molar-refractivity contribution is 7.71. The average molecular weight is 288 g/mol. The van der Waals surface area contributed by atoms with Crippen LogP contribution in [0.15, 0.2) is 24.3 Å². The Morgan fingerprint density at radius 1 is 1.20 bits per heavy atom. The van der Waals surface area contributed by atoms with Crippen molar-refractivity contribution in [3.63, 3.8) is 0 Å². The van der Waals surface area contributed by atoms with E-state index in [9.17, 15) is 0 Å². The van der Waals surface area contributed by atoms with Gasteiger partial charge < -0.3 is 9.72 Å². The molecule has 0 aliphatic heterocycles. The summed E-state index contributed by atoms with van der Waals surface area (Å²) in [5.41, 5.74) is 3.16. The topological polar surface area (TPSA) is 37.9 Å². The summed E-state index contributed by atoms with van der Waals surface area (Å²) in [5, 5.41) is 0. The minimum absolute atomic E-state index is 0.668. The van der Waals surface area contributed by atoms with Crippen LogP contribution in [-0.4, -0.2) is 16.6 Å². The molecule has 0 amide bonds. The number of ether oxygens (including phenoxy) is 1. The van der Waals surface area contributed by atoms with Gasteiger partial charge in [0.05, 0.1) is 12.3 Å². The number of benzene rings is 1. The molecule has 1 heterocycles. The van der Waals surface area contributed by atoms with Crippen molar-refractivity contribution in [1.82, 2.24) is 9.97 Å². The number of nitrogens with one attached hydrogen (secondary N) is 1. The predicted octanol–water partition coefficient (Wildman–Crippen LogP) is 4.47. The molecular weight excluding hydrogens is 268 g/mol. The van der Waals surface area contributed by atoms with E-state index in [0.29, 0.717) is 4.64 Å². The molecule has 1 aromatic carbocycles. The third kappa shape index (κ3) is 3.25. The number of hydrogen-bond acceptors (Lipinski definition) is 3. The molecule has 4 heteroatoms. The quantitative estimate of drug-likeness (QED) is 0.825. The van der Waals surface area contributed by atoms with Crippen molar-refractivity contribution in [3.8, 4) is 17.0 Å². The number of rotatable bonds is 5. The Balaban J connectivity index is 2.36. The Bertz CT molecular complexity index is 632. The summed E-state index contributed by atoms with van der Waals surface area (Å²) in [6, 6.07) is 8.09. The van der Waals surface area contributed by atoms with E-state index < -0.39 is 0 Å². The van der Waals surface area contributed by atoms with Gasteiger partial charge in [-0.3, -0.25) is 0 Å². The van der Waals surface area contributed by atoms with Gasteiger partial charge in [-0.05, 0) is 43.2 Å². The van der Waals surface area contributed by atoms with E-state index >= 15 is 0 Å². The Labute approximate surface area is 125 Å². The maximum Gasteiger partial charge on any atom is 0.133 e. The second kappa shape index (κ2) is 6.66. The molecule has 0 spiro atoms. The fraction of sp³-hybridized carbons (Fsp3) is 0.375. The lowest BCUT2D eigenvalue weighted by molar-refractivity contribution is 0.317. The van der Waals surface area contributed by atoms with Crippen LogP contribution < -0.4 is 4.74 Å². The van der Waals surface area contributed by atoms with Gasteiger partial charge in [-0.1, -0.05) is 26.1 Å². The van der Waals surface area contributed by atoms with Crippen molar-refractivity contribution in [1.29, 1.82) is 0 Å². The first-order chi connectivity index (χ1) is 9.65. The van der Waals surface area contributed by atoms with Crippen molar-refractivity contribution >= 4 is 12.2 Å². The van der Waals surface area contributed by atoms with Gasteiger partial charge in [0.15, 0.2) is 0 Å². The molecule has 0 saturated carbocycles. The van der Waals surface area contributed by atoms with Gasteiger partial charge in [0.25, 0.3) is 0 Å². The highest BCUT2D eigenvalue weighted by Crippen LogP contribution is 2.24. The fourth-order valence-electron chi connectivity index (χ4n) is 1.97. The summed E-state index contributed by atoms with van der Waals surface area (Å²) in [6.07, 6.45) is 1.85. The van der Waals surface area contributed by atoms with Crippen molar-refractivity contribution < 1.29 is 4.74 Å². The normalized spacial score (nSPS) is 10.6. The monoisotopic (exact) mass is 288 g/mol. The first kappa shape index (κ1) is 14.7. The summed E-state index contributed by atoms with van der Waals surface area (Å²) < 4.78 is 6.27. The van der Waals surface area contributed by atoms with Crippen molar-refractivity contribution in [2.24, 2.45) is 0 Å². The Hall–Kier alpha value is -1.68. The van der Waals surface area contributed by atoms with Gasteiger partial charge >= 0.3 is 0 Å². The van der Waals surface area contributed by atoms with E-state index in [2.05, 4.69) is 35.9 Å². The van der Waals surface area contributed by atoms with Gasteiger partial charge in [-0.25, -0.2) is 4.98 Å². The summed E-state index contributed by atoms with van der Waals surface area (Å²) in [5.74, 6) is 1.82. The molecule has 0 radical (unpaired) electrons. The Morgan fingerprint density at radius 2 is 1.90 bits per heavy atom. The van der Waals surface area contributed by atoms with Crippen LogP contribution in [0.1, 0.15) is 31.7 Å². The lowest BCUT2D eigenvalue weighted by atomic mass is 10.1. The molecular formula is C16H20N2OS. The molecule has 1 aromatic heterocycles. The molecule has 0 fully saturated rings. The smallest absolute Gasteiger partial charge is 0.133 e. The molecule has 2 aromatic rings. The van der Waals surface area contributed by atoms with E-state index in [1.165, 1.54) is 0 Å². The molecule has 0 aliphatic rings. The summed E-state index contributed by atoms with van der Waals surface area (Å²) in [7, 11) is 0. The second-order valence-corrected chi connectivity index (χ2v) is 5.10. The molecule has 106 valence electrons.